The molecule has 14 heteroatoms. The normalized spacial score (nSPS) is 10.0. The molecule has 2 aromatic carbocycles. The number of halogens is 3. The van der Waals surface area contributed by atoms with Crippen LogP contribution in [0.25, 0.3) is 22.2 Å². The van der Waals surface area contributed by atoms with Crippen LogP contribution in [0.15, 0.2) is 74.6 Å². The van der Waals surface area contributed by atoms with E-state index in [1.54, 1.807) is 0 Å². The van der Waals surface area contributed by atoms with E-state index in [1.165, 1.54) is 44.8 Å². The molecular formula is C41H60F3N8O2Ru. The van der Waals surface area contributed by atoms with Crippen molar-refractivity contribution in [2.75, 3.05) is 0 Å². The van der Waals surface area contributed by atoms with E-state index < -0.39 is 12.1 Å². The van der Waals surface area contributed by atoms with Gasteiger partial charge >= 0.3 is 31.6 Å². The number of benzene rings is 2. The second-order valence-corrected chi connectivity index (χ2v) is 12.7. The third-order valence-electron chi connectivity index (χ3n) is 6.73. The molecule has 0 saturated carbocycles. The molecule has 0 unspecified atom stereocenters. The summed E-state index contributed by atoms with van der Waals surface area (Å²) >= 11 is 0. The Labute approximate surface area is 340 Å². The number of allylic oxidation sites excluding steroid dienone is 2. The summed E-state index contributed by atoms with van der Waals surface area (Å²) in [7, 11) is 6.37. The number of carboxylic acid groups (broad SMARTS) is 1. The molecule has 0 aliphatic carbocycles. The summed E-state index contributed by atoms with van der Waals surface area (Å²) in [6.45, 7) is 28.5. The fourth-order valence-corrected chi connectivity index (χ4v) is 4.26. The van der Waals surface area contributed by atoms with Gasteiger partial charge in [-0.1, -0.05) is 25.0 Å². The van der Waals surface area contributed by atoms with Crippen LogP contribution >= 0.6 is 0 Å². The monoisotopic (exact) mass is 855 g/mol. The van der Waals surface area contributed by atoms with Crippen LogP contribution in [-0.4, -0.2) is 50.2 Å². The fourth-order valence-electron chi connectivity index (χ4n) is 4.26. The second kappa shape index (κ2) is 30.7. The Kier molecular flexibility index (Phi) is 31.8. The van der Waals surface area contributed by atoms with Crippen LogP contribution in [0.1, 0.15) is 102 Å². The first kappa shape index (κ1) is 57.1. The third kappa shape index (κ3) is 26.7. The molecule has 0 fully saturated rings. The number of carbonyl (C=O) groups is 1. The molecule has 1 heterocycles. The van der Waals surface area contributed by atoms with Crippen molar-refractivity contribution in [1.82, 2.24) is 9.13 Å². The van der Waals surface area contributed by atoms with E-state index in [-0.39, 0.29) is 19.5 Å². The van der Waals surface area contributed by atoms with Crippen molar-refractivity contribution in [2.45, 2.75) is 128 Å². The molecule has 10 nitrogen and oxygen atoms in total. The van der Waals surface area contributed by atoms with Crippen LogP contribution in [0, 0.1) is 55.6 Å². The number of alkyl halides is 3. The zero-order valence-corrected chi connectivity index (χ0v) is 36.7. The molecule has 0 saturated heterocycles. The Hall–Kier alpha value is -4.63. The molecule has 1 N–H and O–H groups in total. The summed E-state index contributed by atoms with van der Waals surface area (Å²) in [5.74, 6) is 1.31. The largest absolute Gasteiger partial charge is 3.00 e. The second-order valence-electron chi connectivity index (χ2n) is 12.7. The van der Waals surface area contributed by atoms with Gasteiger partial charge in [-0.3, -0.25) is 25.8 Å². The van der Waals surface area contributed by atoms with E-state index in [2.05, 4.69) is 128 Å². The van der Waals surface area contributed by atoms with Crippen molar-refractivity contribution in [2.24, 2.45) is 20.5 Å². The van der Waals surface area contributed by atoms with E-state index in [4.69, 9.17) is 20.7 Å². The number of azo groups is 2. The maximum Gasteiger partial charge on any atom is 3.00 e. The Morgan fingerprint density at radius 3 is 1.13 bits per heavy atom. The third-order valence-corrected chi connectivity index (χ3v) is 6.73. The van der Waals surface area contributed by atoms with Gasteiger partial charge < -0.3 is 26.2 Å². The first-order valence-electron chi connectivity index (χ1n) is 17.3. The molecule has 0 aliphatic rings. The number of imidazole rings is 1. The molecule has 0 bridgehead atoms. The van der Waals surface area contributed by atoms with Gasteiger partial charge in [0.05, 0.1) is 12.1 Å². The number of rotatable bonds is 6. The molecule has 1 aromatic heterocycles. The van der Waals surface area contributed by atoms with E-state index in [1.807, 2.05) is 67.1 Å². The molecule has 305 valence electrons. The van der Waals surface area contributed by atoms with Crippen LogP contribution in [0.3, 0.4) is 0 Å². The summed E-state index contributed by atoms with van der Waals surface area (Å²) in [6.07, 6.45) is 3.15. The fraction of sp³-hybridized carbons (Fsp3) is 0.463. The van der Waals surface area contributed by atoms with E-state index in [9.17, 15) is 13.2 Å². The van der Waals surface area contributed by atoms with E-state index in [0.29, 0.717) is 12.1 Å². The summed E-state index contributed by atoms with van der Waals surface area (Å²) in [4.78, 5) is 8.90. The van der Waals surface area contributed by atoms with Crippen molar-refractivity contribution < 1.29 is 42.6 Å². The molecule has 0 spiro atoms. The van der Waals surface area contributed by atoms with Gasteiger partial charge in [-0.2, -0.15) is 13.2 Å². The number of aryl methyl sites for hydroxylation is 6. The Morgan fingerprint density at radius 2 is 1.00 bits per heavy atom. The Balaban J connectivity index is -0.000000335. The maximum atomic E-state index is 10.6. The summed E-state index contributed by atoms with van der Waals surface area (Å²) in [5, 5.41) is 37.1. The van der Waals surface area contributed by atoms with Crippen LogP contribution in [0.2, 0.25) is 0 Å². The Morgan fingerprint density at radius 1 is 0.745 bits per heavy atom. The predicted octanol–water partition coefficient (Wildman–Crippen LogP) is 12.5. The van der Waals surface area contributed by atoms with Crippen LogP contribution in [-0.2, 0) is 24.3 Å². The van der Waals surface area contributed by atoms with Crippen molar-refractivity contribution in [3.05, 3.63) is 112 Å². The van der Waals surface area contributed by atoms with Gasteiger partial charge in [0.15, 0.2) is 6.33 Å². The van der Waals surface area contributed by atoms with Gasteiger partial charge in [-0.15, -0.1) is 0 Å². The molecule has 1 radical (unpaired) electrons. The number of aromatic nitrogens is 2. The number of hydrogen-bond acceptors (Lipinski definition) is 5. The predicted molar refractivity (Wildman–Crippen MR) is 218 cm³/mol. The zero-order chi connectivity index (χ0) is 42.8. The minimum atomic E-state index is -5.08. The average Bonchev–Trinajstić information content (AvgIpc) is 3.52. The summed E-state index contributed by atoms with van der Waals surface area (Å²) in [5.41, 5.74) is 12.2. The van der Waals surface area contributed by atoms with Crippen LogP contribution in [0.4, 0.5) is 13.2 Å². The number of aliphatic carboxylic acids is 1. The molecule has 3 aromatic rings. The van der Waals surface area contributed by atoms with Crippen molar-refractivity contribution >= 4 is 17.7 Å². The molecule has 0 aliphatic heterocycles. The number of carboxylic acids is 1. The van der Waals surface area contributed by atoms with Crippen LogP contribution in [0.5, 0.6) is 0 Å². The van der Waals surface area contributed by atoms with Crippen molar-refractivity contribution in [3.8, 4) is 11.4 Å². The SMILES string of the molecule is CCC(C)=C=[N-].CCC(C)=C=[N-].Cc1cc(C)c(-n2ccn(-c3c(C)cc(C)cc3C)[cH+]2)c(C)c1.O=C(O)C(F)(F)F.[CH2-]N=NC(C)C.[CH2-]N=NC(C)C.[Ru+3]. The van der Waals surface area contributed by atoms with Gasteiger partial charge in [0, 0.05) is 22.3 Å². The van der Waals surface area contributed by atoms with Crippen LogP contribution < -0.4 is 0 Å². The van der Waals surface area contributed by atoms with E-state index >= 15 is 0 Å². The van der Waals surface area contributed by atoms with Gasteiger partial charge in [-0.25, -0.2) is 24.2 Å². The smallest absolute Gasteiger partial charge is 0.763 e. The first-order valence-corrected chi connectivity index (χ1v) is 17.3. The molecule has 0 amide bonds. The van der Waals surface area contributed by atoms with Crippen molar-refractivity contribution in [1.29, 1.82) is 0 Å². The van der Waals surface area contributed by atoms with Crippen molar-refractivity contribution in [3.63, 3.8) is 0 Å². The minimum Gasteiger partial charge on any atom is -0.763 e. The molecule has 55 heavy (non-hydrogen) atoms. The summed E-state index contributed by atoms with van der Waals surface area (Å²) < 4.78 is 36.2. The van der Waals surface area contributed by atoms with Gasteiger partial charge in [0.25, 0.3) is 0 Å². The topological polar surface area (TPSA) is 141 Å². The summed E-state index contributed by atoms with van der Waals surface area (Å²) in [6, 6.07) is 9.57. The minimum absolute atomic E-state index is 0. The number of nitrogens with zero attached hydrogens (tertiary/aromatic N) is 8. The number of hydrogen-bond donors (Lipinski definition) is 1. The van der Waals surface area contributed by atoms with E-state index in [0.717, 1.165) is 24.0 Å². The first-order chi connectivity index (χ1) is 25.0. The average molecular weight is 855 g/mol. The molecule has 0 atom stereocenters. The molecular weight excluding hydrogens is 795 g/mol. The molecule has 3 rings (SSSR count). The van der Waals surface area contributed by atoms with Gasteiger partial charge in [0.2, 0.25) is 0 Å². The standard InChI is InChI=1S/C21H25N2.2C5H8N.2C4H9N2.C2HF3O2.Ru/c1-14-9-16(3)20(17(4)10-14)22-7-8-23(13-22)21-18(5)11-15(2)12-19(21)6;2*1-3-5(2)4-6;2*1-4(2)6-5-3;3-2(4,5)1(6)7;/h7-13H,1-6H3;2*3H2,1-2H3;2*4H,3H2,1-2H3;(H,6,7);/q+1;4*-1;;+3. The maximum absolute atomic E-state index is 10.6. The van der Waals surface area contributed by atoms with Gasteiger partial charge in [-0.05, 0) is 131 Å². The zero-order valence-electron chi connectivity index (χ0n) is 34.9. The Bertz CT molecular complexity index is 1580. The van der Waals surface area contributed by atoms with Gasteiger partial charge in [0.1, 0.15) is 23.8 Å². The quantitative estimate of drug-likeness (QED) is 0.114.